The van der Waals surface area contributed by atoms with E-state index in [0.29, 0.717) is 18.9 Å². The second kappa shape index (κ2) is 9.46. The third-order valence-corrected chi connectivity index (χ3v) is 3.38. The molecule has 0 atom stereocenters. The molecule has 6 heteroatoms. The summed E-state index contributed by atoms with van der Waals surface area (Å²) in [7, 11) is 0. The summed E-state index contributed by atoms with van der Waals surface area (Å²) in [6, 6.07) is 4.19. The first-order chi connectivity index (χ1) is 10.1. The van der Waals surface area contributed by atoms with Crippen molar-refractivity contribution in [2.24, 2.45) is 5.92 Å². The van der Waals surface area contributed by atoms with Crippen molar-refractivity contribution >= 4 is 23.4 Å². The minimum Gasteiger partial charge on any atom is -0.370 e. The summed E-state index contributed by atoms with van der Waals surface area (Å²) < 4.78 is 0. The number of hydrogen-bond donors (Lipinski definition) is 1. The van der Waals surface area contributed by atoms with E-state index in [1.807, 2.05) is 12.3 Å². The van der Waals surface area contributed by atoms with Crippen LogP contribution in [0, 0.1) is 17.2 Å². The number of thioether (sulfide) groups is 1. The first-order valence-corrected chi connectivity index (χ1v) is 8.62. The molecule has 1 rings (SSSR count). The van der Waals surface area contributed by atoms with Crippen LogP contribution < -0.4 is 10.2 Å². The van der Waals surface area contributed by atoms with Crippen LogP contribution in [0.15, 0.2) is 11.2 Å². The Labute approximate surface area is 132 Å². The molecule has 0 spiro atoms. The maximum Gasteiger partial charge on any atom is 0.191 e. The second-order valence-electron chi connectivity index (χ2n) is 5.27. The Bertz CT molecular complexity index is 470. The van der Waals surface area contributed by atoms with E-state index in [9.17, 15) is 0 Å². The van der Waals surface area contributed by atoms with Crippen molar-refractivity contribution < 1.29 is 0 Å². The molecule has 116 valence electrons. The lowest BCUT2D eigenvalue weighted by Crippen LogP contribution is -2.29. The summed E-state index contributed by atoms with van der Waals surface area (Å²) in [6.45, 7) is 8.96. The van der Waals surface area contributed by atoms with Gasteiger partial charge in [-0.15, -0.1) is 0 Å². The third kappa shape index (κ3) is 6.21. The summed E-state index contributed by atoms with van der Waals surface area (Å²) in [4.78, 5) is 11.2. The average molecular weight is 307 g/mol. The Balaban J connectivity index is 3.00. The summed E-state index contributed by atoms with van der Waals surface area (Å²) in [6.07, 6.45) is 3.53. The number of aromatic nitrogens is 2. The molecule has 0 fully saturated rings. The van der Waals surface area contributed by atoms with E-state index < -0.39 is 0 Å². The smallest absolute Gasteiger partial charge is 0.191 e. The molecule has 1 aromatic heterocycles. The van der Waals surface area contributed by atoms with Gasteiger partial charge in [-0.05, 0) is 18.6 Å². The van der Waals surface area contributed by atoms with Crippen LogP contribution in [-0.4, -0.2) is 35.9 Å². The van der Waals surface area contributed by atoms with Crippen LogP contribution in [0.25, 0.3) is 0 Å². The summed E-state index contributed by atoms with van der Waals surface area (Å²) in [5.74, 6) is 2.28. The molecule has 0 bridgehead atoms. The minimum atomic E-state index is 0.503. The molecule has 1 heterocycles. The van der Waals surface area contributed by atoms with E-state index in [1.54, 1.807) is 0 Å². The first kappa shape index (κ1) is 17.6. The number of anilines is 2. The molecule has 0 aliphatic heterocycles. The van der Waals surface area contributed by atoms with E-state index >= 15 is 0 Å². The normalized spacial score (nSPS) is 10.5. The van der Waals surface area contributed by atoms with Gasteiger partial charge in [0.2, 0.25) is 0 Å². The van der Waals surface area contributed by atoms with Crippen molar-refractivity contribution in [1.82, 2.24) is 9.97 Å². The monoisotopic (exact) mass is 307 g/mol. The van der Waals surface area contributed by atoms with Gasteiger partial charge in [0.1, 0.15) is 11.6 Å². The number of nitrogens with one attached hydrogen (secondary N) is 1. The van der Waals surface area contributed by atoms with Crippen molar-refractivity contribution in [2.75, 3.05) is 36.1 Å². The van der Waals surface area contributed by atoms with Crippen molar-refractivity contribution in [3.05, 3.63) is 6.07 Å². The highest BCUT2D eigenvalue weighted by atomic mass is 32.2. The Kier molecular flexibility index (Phi) is 7.91. The largest absolute Gasteiger partial charge is 0.370 e. The highest BCUT2D eigenvalue weighted by Gasteiger charge is 2.13. The van der Waals surface area contributed by atoms with Crippen LogP contribution in [0.5, 0.6) is 0 Å². The van der Waals surface area contributed by atoms with Gasteiger partial charge in [-0.25, -0.2) is 9.97 Å². The number of nitrogens with zero attached hydrogens (tertiary/aromatic N) is 4. The van der Waals surface area contributed by atoms with Gasteiger partial charge in [0.15, 0.2) is 5.16 Å². The Hall–Kier alpha value is -1.48. The van der Waals surface area contributed by atoms with Gasteiger partial charge in [0.05, 0.1) is 12.5 Å². The predicted octanol–water partition coefficient (Wildman–Crippen LogP) is 3.40. The number of nitriles is 1. The van der Waals surface area contributed by atoms with Crippen LogP contribution in [-0.2, 0) is 0 Å². The standard InChI is InChI=1S/C15H25N5S/c1-5-8-17-13-10-14(19-15(18-13)21-4)20(9-6-7-16)11-12(2)3/h10,12H,5-6,8-9,11H2,1-4H3,(H,17,18,19). The van der Waals surface area contributed by atoms with E-state index in [1.165, 1.54) is 11.8 Å². The lowest BCUT2D eigenvalue weighted by Gasteiger charge is -2.25. The Morgan fingerprint density at radius 1 is 1.43 bits per heavy atom. The van der Waals surface area contributed by atoms with E-state index in [4.69, 9.17) is 5.26 Å². The highest BCUT2D eigenvalue weighted by Crippen LogP contribution is 2.21. The average Bonchev–Trinajstić information content (AvgIpc) is 2.48. The molecule has 21 heavy (non-hydrogen) atoms. The Morgan fingerprint density at radius 2 is 2.19 bits per heavy atom. The molecule has 0 aliphatic rings. The van der Waals surface area contributed by atoms with Crippen LogP contribution in [0.3, 0.4) is 0 Å². The lowest BCUT2D eigenvalue weighted by molar-refractivity contribution is 0.605. The van der Waals surface area contributed by atoms with Gasteiger partial charge < -0.3 is 10.2 Å². The van der Waals surface area contributed by atoms with Gasteiger partial charge in [-0.3, -0.25) is 0 Å². The number of rotatable bonds is 9. The van der Waals surface area contributed by atoms with E-state index in [2.05, 4.69) is 47.0 Å². The van der Waals surface area contributed by atoms with Gasteiger partial charge in [-0.1, -0.05) is 32.5 Å². The number of hydrogen-bond acceptors (Lipinski definition) is 6. The Morgan fingerprint density at radius 3 is 2.76 bits per heavy atom. The minimum absolute atomic E-state index is 0.503. The van der Waals surface area contributed by atoms with Gasteiger partial charge in [-0.2, -0.15) is 5.26 Å². The SMILES string of the molecule is CCCNc1cc(N(CCC#N)CC(C)C)nc(SC)n1. The summed E-state index contributed by atoms with van der Waals surface area (Å²) in [5, 5.41) is 12.9. The second-order valence-corrected chi connectivity index (χ2v) is 6.05. The van der Waals surface area contributed by atoms with Gasteiger partial charge >= 0.3 is 0 Å². The highest BCUT2D eigenvalue weighted by molar-refractivity contribution is 7.98. The molecule has 0 radical (unpaired) electrons. The van der Waals surface area contributed by atoms with Gasteiger partial charge in [0.25, 0.3) is 0 Å². The lowest BCUT2D eigenvalue weighted by atomic mass is 10.2. The fourth-order valence-corrected chi connectivity index (χ4v) is 2.31. The van der Waals surface area contributed by atoms with Gasteiger partial charge in [0, 0.05) is 25.7 Å². The van der Waals surface area contributed by atoms with Crippen molar-refractivity contribution in [2.45, 2.75) is 38.8 Å². The molecular weight excluding hydrogens is 282 g/mol. The van der Waals surface area contributed by atoms with Crippen molar-refractivity contribution in [1.29, 1.82) is 5.26 Å². The quantitative estimate of drug-likeness (QED) is 0.557. The summed E-state index contributed by atoms with van der Waals surface area (Å²) >= 11 is 1.54. The molecule has 0 saturated heterocycles. The molecular formula is C15H25N5S. The zero-order chi connectivity index (χ0) is 15.7. The van der Waals surface area contributed by atoms with E-state index in [-0.39, 0.29) is 0 Å². The zero-order valence-corrected chi connectivity index (χ0v) is 14.2. The van der Waals surface area contributed by atoms with Crippen molar-refractivity contribution in [3.8, 4) is 6.07 Å². The van der Waals surface area contributed by atoms with Crippen LogP contribution >= 0.6 is 11.8 Å². The van der Waals surface area contributed by atoms with Crippen LogP contribution in [0.1, 0.15) is 33.6 Å². The third-order valence-electron chi connectivity index (χ3n) is 2.83. The zero-order valence-electron chi connectivity index (χ0n) is 13.4. The molecule has 1 aromatic rings. The van der Waals surface area contributed by atoms with Crippen molar-refractivity contribution in [3.63, 3.8) is 0 Å². The molecule has 1 N–H and O–H groups in total. The fraction of sp³-hybridized carbons (Fsp3) is 0.667. The molecule has 0 aliphatic carbocycles. The molecule has 0 amide bonds. The predicted molar refractivity (Wildman–Crippen MR) is 89.9 cm³/mol. The first-order valence-electron chi connectivity index (χ1n) is 7.39. The summed E-state index contributed by atoms with van der Waals surface area (Å²) in [5.41, 5.74) is 0. The molecule has 5 nitrogen and oxygen atoms in total. The molecule has 0 aromatic carbocycles. The topological polar surface area (TPSA) is 64.8 Å². The van der Waals surface area contributed by atoms with Crippen LogP contribution in [0.2, 0.25) is 0 Å². The fourth-order valence-electron chi connectivity index (χ4n) is 1.93. The van der Waals surface area contributed by atoms with E-state index in [0.717, 1.165) is 36.3 Å². The van der Waals surface area contributed by atoms with Crippen LogP contribution in [0.4, 0.5) is 11.6 Å². The molecule has 0 saturated carbocycles. The molecule has 0 unspecified atom stereocenters. The maximum absolute atomic E-state index is 8.84. The maximum atomic E-state index is 8.84.